The number of carbonyl (C=O) groups excluding carboxylic acids is 2. The zero-order chi connectivity index (χ0) is 52.3. The number of nitrogen functional groups attached to an aromatic ring is 2. The van der Waals surface area contributed by atoms with Gasteiger partial charge in [-0.15, -0.1) is 0 Å². The molecule has 2 aromatic carbocycles. The van der Waals surface area contributed by atoms with E-state index < -0.39 is 11.2 Å². The molecule has 2 unspecified atom stereocenters. The average Bonchev–Trinajstić information content (AvgIpc) is 3.96. The number of hydrogen-bond donors (Lipinski definition) is 4. The van der Waals surface area contributed by atoms with Crippen molar-refractivity contribution < 1.29 is 29.3 Å². The largest absolute Gasteiger partial charge is 0.372 e. The van der Waals surface area contributed by atoms with Crippen molar-refractivity contribution in [2.75, 3.05) is 37.6 Å². The highest BCUT2D eigenvalue weighted by atomic mass is 16.5. The number of ether oxygens (including phenoxy) is 2. The molecular formula is C52H52N16O6. The molecule has 10 rings (SSSR count). The van der Waals surface area contributed by atoms with E-state index >= 15 is 0 Å². The third-order valence-corrected chi connectivity index (χ3v) is 11.8. The summed E-state index contributed by atoms with van der Waals surface area (Å²) in [5, 5.41) is 32.1. The molecule has 6 N–H and O–H groups in total. The van der Waals surface area contributed by atoms with Crippen molar-refractivity contribution in [2.45, 2.75) is 77.2 Å². The summed E-state index contributed by atoms with van der Waals surface area (Å²) in [4.78, 5) is 63.5. The molecule has 22 nitrogen and oxygen atoms in total. The van der Waals surface area contributed by atoms with Crippen LogP contribution in [-0.2, 0) is 20.7 Å². The smallest absolute Gasteiger partial charge is 0.275 e. The number of carbonyl (C=O) groups is 2. The maximum absolute atomic E-state index is 13.6. The fraction of sp³-hybridized carbons (Fsp3) is 0.308. The van der Waals surface area contributed by atoms with Gasteiger partial charge in [-0.2, -0.15) is 20.2 Å². The van der Waals surface area contributed by atoms with Crippen LogP contribution in [0.2, 0.25) is 0 Å². The van der Waals surface area contributed by atoms with Crippen molar-refractivity contribution in [1.29, 1.82) is 0 Å². The molecule has 74 heavy (non-hydrogen) atoms. The van der Waals surface area contributed by atoms with Crippen molar-refractivity contribution in [3.63, 3.8) is 0 Å². The van der Waals surface area contributed by atoms with Gasteiger partial charge < -0.3 is 41.0 Å². The van der Waals surface area contributed by atoms with E-state index in [2.05, 4.69) is 73.8 Å². The van der Waals surface area contributed by atoms with E-state index in [0.717, 1.165) is 0 Å². The van der Waals surface area contributed by atoms with Crippen LogP contribution in [0.1, 0.15) is 85.3 Å². The normalized spacial score (nSPS) is 19.2. The lowest BCUT2D eigenvalue weighted by Crippen LogP contribution is -2.48. The zero-order valence-electron chi connectivity index (χ0n) is 41.3. The Morgan fingerprint density at radius 3 is 1.28 bits per heavy atom. The van der Waals surface area contributed by atoms with Crippen LogP contribution in [0.4, 0.5) is 11.9 Å². The second kappa shape index (κ2) is 20.7. The molecule has 2 aliphatic rings. The van der Waals surface area contributed by atoms with Crippen molar-refractivity contribution >= 4 is 45.5 Å². The summed E-state index contributed by atoms with van der Waals surface area (Å²) in [6.45, 7) is 12.7. The van der Waals surface area contributed by atoms with Crippen molar-refractivity contribution in [3.05, 3.63) is 132 Å². The molecule has 0 radical (unpaired) electrons. The maximum Gasteiger partial charge on any atom is 0.275 e. The predicted molar refractivity (Wildman–Crippen MR) is 271 cm³/mol. The van der Waals surface area contributed by atoms with E-state index in [1.54, 1.807) is 105 Å². The van der Waals surface area contributed by atoms with Gasteiger partial charge in [0.15, 0.2) is 45.9 Å². The highest BCUT2D eigenvalue weighted by Crippen LogP contribution is 2.28. The molecular weight excluding hydrogens is 945 g/mol. The average molecular weight is 997 g/mol. The van der Waals surface area contributed by atoms with E-state index in [1.165, 1.54) is 26.2 Å². The van der Waals surface area contributed by atoms with Gasteiger partial charge in [-0.25, -0.2) is 39.3 Å². The van der Waals surface area contributed by atoms with Gasteiger partial charge in [-0.3, -0.25) is 9.59 Å². The van der Waals surface area contributed by atoms with Crippen LogP contribution in [0.15, 0.2) is 97.8 Å². The molecule has 2 aliphatic heterocycles. The van der Waals surface area contributed by atoms with Gasteiger partial charge in [-0.05, 0) is 90.1 Å². The summed E-state index contributed by atoms with van der Waals surface area (Å²) in [5.41, 5.74) is 11.5. The second-order valence-electron chi connectivity index (χ2n) is 18.3. The van der Waals surface area contributed by atoms with E-state index in [4.69, 9.17) is 20.9 Å². The second-order valence-corrected chi connectivity index (χ2v) is 18.3. The third kappa shape index (κ3) is 11.0. The first-order valence-electron chi connectivity index (χ1n) is 23.6. The lowest BCUT2D eigenvalue weighted by molar-refractivity contribution is -0.0587. The Labute approximate surface area is 424 Å². The summed E-state index contributed by atoms with van der Waals surface area (Å²) >= 11 is 0. The number of fused-ring (bicyclic) bond motifs is 2. The van der Waals surface area contributed by atoms with Gasteiger partial charge in [0.05, 0.1) is 35.4 Å². The van der Waals surface area contributed by atoms with Crippen molar-refractivity contribution in [2.24, 2.45) is 0 Å². The first kappa shape index (κ1) is 50.2. The highest BCUT2D eigenvalue weighted by molar-refractivity contribution is 6.06. The van der Waals surface area contributed by atoms with Crippen LogP contribution in [0.5, 0.6) is 0 Å². The summed E-state index contributed by atoms with van der Waals surface area (Å²) in [6, 6.07) is 17.4. The predicted octanol–water partition coefficient (Wildman–Crippen LogP) is 3.39. The van der Waals surface area contributed by atoms with Crippen LogP contribution in [0.25, 0.3) is 33.4 Å². The zero-order valence-corrected chi connectivity index (χ0v) is 41.3. The van der Waals surface area contributed by atoms with E-state index in [9.17, 15) is 19.8 Å². The highest BCUT2D eigenvalue weighted by Gasteiger charge is 2.32. The molecule has 8 heterocycles. The van der Waals surface area contributed by atoms with Crippen molar-refractivity contribution in [1.82, 2.24) is 69.2 Å². The molecule has 8 aromatic rings. The summed E-state index contributed by atoms with van der Waals surface area (Å²) < 4.78 is 14.7. The van der Waals surface area contributed by atoms with E-state index in [1.807, 2.05) is 27.7 Å². The lowest BCUT2D eigenvalue weighted by atomic mass is 10.1. The van der Waals surface area contributed by atoms with Gasteiger partial charge in [0, 0.05) is 97.4 Å². The van der Waals surface area contributed by atoms with Crippen LogP contribution < -0.4 is 11.5 Å². The Kier molecular flexibility index (Phi) is 14.1. The molecule has 6 atom stereocenters. The van der Waals surface area contributed by atoms with E-state index in [-0.39, 0.29) is 71.2 Å². The number of morpholine rings is 2. The molecule has 0 spiro atoms. The van der Waals surface area contributed by atoms with Gasteiger partial charge in [0.1, 0.15) is 0 Å². The molecule has 2 saturated heterocycles. The van der Waals surface area contributed by atoms with Gasteiger partial charge in [0.25, 0.3) is 11.8 Å². The lowest BCUT2D eigenvalue weighted by Gasteiger charge is -2.34. The Balaban J connectivity index is 0.000000182. The summed E-state index contributed by atoms with van der Waals surface area (Å²) in [7, 11) is 0. The SMILES string of the molecule is C[C@@H]1CN(C(=O)c2nn(-c3ccnc(N)n3)c3cc(C#CC(C)(O)c4ncccn4)ccc23)C[C@@H](C)O1.C[C@@H]1CN(C(=O)c2nn(-c3ccnc(N)n3)c3cc(C#CC(C)(O)c4ncccn4)ccc23)C[C@H](C)O1. The number of hydrogen-bond acceptors (Lipinski definition) is 18. The number of anilines is 2. The number of amides is 2. The molecule has 0 aliphatic carbocycles. The number of aromatic nitrogens is 12. The van der Waals surface area contributed by atoms with Crippen molar-refractivity contribution in [3.8, 4) is 35.3 Å². The third-order valence-electron chi connectivity index (χ3n) is 11.8. The molecule has 0 saturated carbocycles. The maximum atomic E-state index is 13.6. The Morgan fingerprint density at radius 2 is 0.932 bits per heavy atom. The van der Waals surface area contributed by atoms with Crippen LogP contribution in [0.3, 0.4) is 0 Å². The van der Waals surface area contributed by atoms with Gasteiger partial charge in [0.2, 0.25) is 11.9 Å². The van der Waals surface area contributed by atoms with Gasteiger partial charge in [-0.1, -0.05) is 23.7 Å². The molecule has 2 fully saturated rings. The minimum absolute atomic E-state index is 0.0778. The number of nitrogens with zero attached hydrogens (tertiary/aromatic N) is 14. The standard InChI is InChI=1S/2C26H26N8O3/c2*1-16-14-33(15-17(2)37-16)23(35)22-19-6-5-18(7-9-26(3,36)24-28-10-4-11-29-24)13-20(19)34(32-22)21-8-12-30-25(27)31-21/h2*4-6,8,10-13,16-17,36H,14-15H2,1-3H3,(H2,27,30,31)/t16-,17+,26?;16-,17-,26?/m.1/s1. The quantitative estimate of drug-likeness (QED) is 0.174. The fourth-order valence-electron chi connectivity index (χ4n) is 8.60. The number of aliphatic hydroxyl groups is 2. The molecule has 0 bridgehead atoms. The van der Waals surface area contributed by atoms with Gasteiger partial charge >= 0.3 is 0 Å². The monoisotopic (exact) mass is 996 g/mol. The molecule has 6 aromatic heterocycles. The van der Waals surface area contributed by atoms with Crippen LogP contribution in [-0.4, -0.2) is 142 Å². The summed E-state index contributed by atoms with van der Waals surface area (Å²) in [5.74, 6) is 12.6. The number of rotatable bonds is 6. The molecule has 376 valence electrons. The Hall–Kier alpha value is -8.80. The number of benzene rings is 2. The molecule has 2 amide bonds. The topological polar surface area (TPSA) is 290 Å². The minimum Gasteiger partial charge on any atom is -0.372 e. The minimum atomic E-state index is -1.55. The van der Waals surface area contributed by atoms with E-state index in [0.29, 0.717) is 70.7 Å². The Bertz CT molecular complexity index is 3260. The van der Waals surface area contributed by atoms with Crippen LogP contribution >= 0.6 is 0 Å². The van der Waals surface area contributed by atoms with Crippen LogP contribution in [0, 0.1) is 23.7 Å². The Morgan fingerprint density at radius 1 is 0.568 bits per heavy atom. The fourth-order valence-corrected chi connectivity index (χ4v) is 8.60. The number of nitrogens with two attached hydrogens (primary N) is 2. The first-order chi connectivity index (χ1) is 35.4. The first-order valence-corrected chi connectivity index (χ1v) is 23.6. The molecule has 22 heteroatoms. The summed E-state index contributed by atoms with van der Waals surface area (Å²) in [6.07, 6.45) is 8.93.